The number of rotatable bonds is 6. The molecule has 112 valence electrons. The van der Waals surface area contributed by atoms with Crippen LogP contribution in [0.25, 0.3) is 0 Å². The molecule has 0 aliphatic heterocycles. The molecule has 1 unspecified atom stereocenters. The molecule has 1 fully saturated rings. The first kappa shape index (κ1) is 16.4. The Bertz CT molecular complexity index is 389. The summed E-state index contributed by atoms with van der Waals surface area (Å²) in [6.45, 7) is 2.57. The van der Waals surface area contributed by atoms with E-state index in [-0.39, 0.29) is 11.9 Å². The summed E-state index contributed by atoms with van der Waals surface area (Å²) in [5.74, 6) is -0.261. The second kappa shape index (κ2) is 7.24. The molecule has 0 heterocycles. The van der Waals surface area contributed by atoms with Gasteiger partial charge in [-0.2, -0.15) is 0 Å². The predicted octanol–water partition coefficient (Wildman–Crippen LogP) is 0.930. The molecule has 1 saturated carbocycles. The van der Waals surface area contributed by atoms with Crippen LogP contribution in [0.5, 0.6) is 0 Å². The number of hydrogen-bond donors (Lipinski definition) is 1. The molecule has 1 aliphatic carbocycles. The summed E-state index contributed by atoms with van der Waals surface area (Å²) in [5.41, 5.74) is 5.51. The van der Waals surface area contributed by atoms with Crippen LogP contribution in [-0.4, -0.2) is 49.9 Å². The summed E-state index contributed by atoms with van der Waals surface area (Å²) in [6.07, 6.45) is 7.24. The van der Waals surface area contributed by atoms with Gasteiger partial charge in [-0.15, -0.1) is 0 Å². The molecule has 19 heavy (non-hydrogen) atoms. The molecule has 0 aromatic carbocycles. The zero-order valence-electron chi connectivity index (χ0n) is 12.0. The Labute approximate surface area is 116 Å². The van der Waals surface area contributed by atoms with Gasteiger partial charge in [0.05, 0.1) is 0 Å². The summed E-state index contributed by atoms with van der Waals surface area (Å²) in [4.78, 5) is 14.2. The van der Waals surface area contributed by atoms with Crippen molar-refractivity contribution in [1.82, 2.24) is 4.90 Å². The van der Waals surface area contributed by atoms with Crippen molar-refractivity contribution in [1.29, 1.82) is 0 Å². The van der Waals surface area contributed by atoms with Gasteiger partial charge in [0.25, 0.3) is 0 Å². The Hall–Kier alpha value is -0.620. The molecule has 0 spiro atoms. The Balaban J connectivity index is 2.80. The van der Waals surface area contributed by atoms with Crippen LogP contribution in [0.15, 0.2) is 0 Å². The second-order valence-electron chi connectivity index (χ2n) is 5.44. The van der Waals surface area contributed by atoms with Gasteiger partial charge in [-0.1, -0.05) is 19.3 Å². The molecule has 1 rings (SSSR count). The molecule has 0 aromatic rings. The van der Waals surface area contributed by atoms with Gasteiger partial charge < -0.3 is 10.6 Å². The minimum atomic E-state index is -3.33. The SMILES string of the molecule is CC(C(=O)N(CCCN)C1CCCCC1)S(C)(=O)=O. The molecule has 5 nitrogen and oxygen atoms in total. The van der Waals surface area contributed by atoms with Gasteiger partial charge in [-0.25, -0.2) is 8.42 Å². The standard InChI is InChI=1S/C13H26N2O3S/c1-11(19(2,17)18)13(16)15(10-6-9-14)12-7-4-3-5-8-12/h11-12H,3-10,14H2,1-2H3. The maximum atomic E-state index is 12.4. The van der Waals surface area contributed by atoms with Crippen LogP contribution >= 0.6 is 0 Å². The Kier molecular flexibility index (Phi) is 6.26. The molecule has 1 amide bonds. The van der Waals surface area contributed by atoms with Gasteiger partial charge in [-0.3, -0.25) is 4.79 Å². The van der Waals surface area contributed by atoms with E-state index in [4.69, 9.17) is 5.73 Å². The first-order valence-corrected chi connectivity index (χ1v) is 9.02. The smallest absolute Gasteiger partial charge is 0.240 e. The van der Waals surface area contributed by atoms with Gasteiger partial charge in [0.1, 0.15) is 5.25 Å². The third-order valence-corrected chi connectivity index (χ3v) is 5.38. The normalized spacial score (nSPS) is 19.1. The molecule has 1 aliphatic rings. The van der Waals surface area contributed by atoms with Gasteiger partial charge in [0.15, 0.2) is 9.84 Å². The lowest BCUT2D eigenvalue weighted by molar-refractivity contribution is -0.133. The first-order valence-electron chi connectivity index (χ1n) is 7.07. The number of carbonyl (C=O) groups is 1. The number of carbonyl (C=O) groups excluding carboxylic acids is 1. The van der Waals surface area contributed by atoms with Crippen LogP contribution in [0, 0.1) is 0 Å². The van der Waals surface area contributed by atoms with E-state index in [0.29, 0.717) is 13.1 Å². The average molecular weight is 290 g/mol. The van der Waals surface area contributed by atoms with E-state index >= 15 is 0 Å². The average Bonchev–Trinajstić information content (AvgIpc) is 2.38. The lowest BCUT2D eigenvalue weighted by atomic mass is 9.94. The summed E-state index contributed by atoms with van der Waals surface area (Å²) >= 11 is 0. The van der Waals surface area contributed by atoms with E-state index in [1.165, 1.54) is 13.3 Å². The van der Waals surface area contributed by atoms with Crippen molar-refractivity contribution in [2.75, 3.05) is 19.3 Å². The van der Waals surface area contributed by atoms with Gasteiger partial charge in [0.2, 0.25) is 5.91 Å². The Morgan fingerprint density at radius 1 is 1.32 bits per heavy atom. The first-order chi connectivity index (χ1) is 8.88. The summed E-state index contributed by atoms with van der Waals surface area (Å²) < 4.78 is 23.1. The molecular formula is C13H26N2O3S. The second-order valence-corrected chi connectivity index (χ2v) is 7.80. The quantitative estimate of drug-likeness (QED) is 0.789. The maximum absolute atomic E-state index is 12.4. The predicted molar refractivity (Wildman–Crippen MR) is 76.6 cm³/mol. The number of amides is 1. The van der Waals surface area contributed by atoms with Crippen LogP contribution in [0.1, 0.15) is 45.4 Å². The van der Waals surface area contributed by atoms with Crippen molar-refractivity contribution in [3.05, 3.63) is 0 Å². The van der Waals surface area contributed by atoms with Crippen LogP contribution in [0.3, 0.4) is 0 Å². The highest BCUT2D eigenvalue weighted by molar-refractivity contribution is 7.92. The van der Waals surface area contributed by atoms with Crippen LogP contribution in [-0.2, 0) is 14.6 Å². The van der Waals surface area contributed by atoms with Gasteiger partial charge in [0, 0.05) is 18.8 Å². The zero-order valence-corrected chi connectivity index (χ0v) is 12.8. The molecule has 0 bridgehead atoms. The topological polar surface area (TPSA) is 80.5 Å². The monoisotopic (exact) mass is 290 g/mol. The Morgan fingerprint density at radius 3 is 2.37 bits per heavy atom. The zero-order chi connectivity index (χ0) is 14.5. The van der Waals surface area contributed by atoms with E-state index in [9.17, 15) is 13.2 Å². The lowest BCUT2D eigenvalue weighted by Gasteiger charge is -2.35. The fourth-order valence-corrected chi connectivity index (χ4v) is 3.05. The van der Waals surface area contributed by atoms with E-state index in [0.717, 1.165) is 38.4 Å². The molecule has 2 N–H and O–H groups in total. The Morgan fingerprint density at radius 2 is 1.89 bits per heavy atom. The highest BCUT2D eigenvalue weighted by Crippen LogP contribution is 2.24. The van der Waals surface area contributed by atoms with Crippen LogP contribution < -0.4 is 5.73 Å². The summed E-state index contributed by atoms with van der Waals surface area (Å²) in [6, 6.07) is 0.192. The highest BCUT2D eigenvalue weighted by Gasteiger charge is 2.32. The van der Waals surface area contributed by atoms with E-state index in [1.807, 2.05) is 0 Å². The third-order valence-electron chi connectivity index (χ3n) is 3.89. The minimum absolute atomic E-state index is 0.192. The van der Waals surface area contributed by atoms with Crippen molar-refractivity contribution in [2.45, 2.75) is 56.7 Å². The lowest BCUT2D eigenvalue weighted by Crippen LogP contribution is -2.48. The molecule has 1 atom stereocenters. The van der Waals surface area contributed by atoms with E-state index in [1.54, 1.807) is 4.90 Å². The molecular weight excluding hydrogens is 264 g/mol. The van der Waals surface area contributed by atoms with Crippen molar-refractivity contribution < 1.29 is 13.2 Å². The van der Waals surface area contributed by atoms with Crippen LogP contribution in [0.4, 0.5) is 0 Å². The third kappa shape index (κ3) is 4.76. The van der Waals surface area contributed by atoms with Crippen molar-refractivity contribution in [2.24, 2.45) is 5.73 Å². The van der Waals surface area contributed by atoms with Crippen molar-refractivity contribution in [3.8, 4) is 0 Å². The van der Waals surface area contributed by atoms with Gasteiger partial charge in [-0.05, 0) is 32.7 Å². The summed E-state index contributed by atoms with van der Waals surface area (Å²) in [7, 11) is -3.33. The fraction of sp³-hybridized carbons (Fsp3) is 0.923. The molecule has 0 radical (unpaired) electrons. The number of nitrogens with zero attached hydrogens (tertiary/aromatic N) is 1. The summed E-state index contributed by atoms with van der Waals surface area (Å²) in [5, 5.41) is -0.952. The number of sulfone groups is 1. The molecule has 0 aromatic heterocycles. The number of hydrogen-bond acceptors (Lipinski definition) is 4. The van der Waals surface area contributed by atoms with Crippen LogP contribution in [0.2, 0.25) is 0 Å². The van der Waals surface area contributed by atoms with E-state index < -0.39 is 15.1 Å². The fourth-order valence-electron chi connectivity index (χ4n) is 2.54. The van der Waals surface area contributed by atoms with Gasteiger partial charge >= 0.3 is 0 Å². The molecule has 0 saturated heterocycles. The largest absolute Gasteiger partial charge is 0.339 e. The maximum Gasteiger partial charge on any atom is 0.240 e. The minimum Gasteiger partial charge on any atom is -0.339 e. The highest BCUT2D eigenvalue weighted by atomic mass is 32.2. The molecule has 6 heteroatoms. The van der Waals surface area contributed by atoms with Crippen molar-refractivity contribution in [3.63, 3.8) is 0 Å². The van der Waals surface area contributed by atoms with E-state index in [2.05, 4.69) is 0 Å². The number of nitrogens with two attached hydrogens (primary N) is 1. The van der Waals surface area contributed by atoms with Crippen molar-refractivity contribution >= 4 is 15.7 Å².